The molecule has 284 valence electrons. The maximum Gasteiger partial charge on any atom is 0.329 e. The van der Waals surface area contributed by atoms with Gasteiger partial charge in [0.05, 0.1) is 19.2 Å². The quantitative estimate of drug-likeness (QED) is 0.0984. The van der Waals surface area contributed by atoms with Crippen molar-refractivity contribution >= 4 is 41.0 Å². The summed E-state index contributed by atoms with van der Waals surface area (Å²) in [5.41, 5.74) is 2.91. The highest BCUT2D eigenvalue weighted by atomic mass is 16.7. The van der Waals surface area contributed by atoms with Crippen LogP contribution < -0.4 is 14.5 Å². The lowest BCUT2D eigenvalue weighted by molar-refractivity contribution is -0.253. The Morgan fingerprint density at radius 3 is 1.84 bits per heavy atom. The number of carbonyl (C=O) groups is 4. The smallest absolute Gasteiger partial charge is 0.329 e. The summed E-state index contributed by atoms with van der Waals surface area (Å²) in [5.74, 6) is -5.00. The number of anilines is 2. The van der Waals surface area contributed by atoms with E-state index in [4.69, 9.17) is 14.2 Å². The first-order valence-electron chi connectivity index (χ1n) is 19.4. The number of carbonyl (C=O) groups excluding carboxylic acids is 4. The Kier molecular flexibility index (Phi) is 7.84. The number of methoxy groups -OCH3 is 1. The molecule has 0 N–H and O–H groups in total. The summed E-state index contributed by atoms with van der Waals surface area (Å²) >= 11 is 0. The molecule has 0 saturated carbocycles. The van der Waals surface area contributed by atoms with Gasteiger partial charge in [-0.3, -0.25) is 19.2 Å². The van der Waals surface area contributed by atoms with Gasteiger partial charge in [-0.1, -0.05) is 121 Å². The van der Waals surface area contributed by atoms with Gasteiger partial charge < -0.3 is 24.0 Å². The molecule has 5 aliphatic rings. The van der Waals surface area contributed by atoms with Gasteiger partial charge in [-0.05, 0) is 41.0 Å². The summed E-state index contributed by atoms with van der Waals surface area (Å²) in [5, 5.41) is 0. The van der Waals surface area contributed by atoms with E-state index in [1.165, 1.54) is 0 Å². The van der Waals surface area contributed by atoms with Crippen molar-refractivity contribution in [3.63, 3.8) is 0 Å². The van der Waals surface area contributed by atoms with Gasteiger partial charge in [0.15, 0.2) is 17.0 Å². The third-order valence-electron chi connectivity index (χ3n) is 12.8. The highest BCUT2D eigenvalue weighted by Crippen LogP contribution is 2.67. The molecule has 0 unspecified atom stereocenters. The summed E-state index contributed by atoms with van der Waals surface area (Å²) < 4.78 is 17.9. The molecule has 5 aliphatic heterocycles. The van der Waals surface area contributed by atoms with Gasteiger partial charge in [-0.2, -0.15) is 0 Å². The van der Waals surface area contributed by atoms with Crippen LogP contribution in [0, 0.1) is 11.3 Å². The molecule has 1 spiro atoms. The molecule has 3 fully saturated rings. The fourth-order valence-electron chi connectivity index (χ4n) is 10.7. The van der Waals surface area contributed by atoms with Crippen molar-refractivity contribution < 1.29 is 33.4 Å². The predicted octanol–water partition coefficient (Wildman–Crippen LogP) is 7.62. The number of benzene rings is 5. The summed E-state index contributed by atoms with van der Waals surface area (Å²) in [6, 6.07) is 38.0. The molecule has 7 atom stereocenters. The first-order valence-corrected chi connectivity index (χ1v) is 19.4. The number of nitrogens with zero attached hydrogens (tertiary/aromatic N) is 2. The number of Topliss-reactive ketones (excluding diaryl/α,β-unsaturated/α-hetero) is 2. The molecular formula is C48H40N2O7. The van der Waals surface area contributed by atoms with Crippen molar-refractivity contribution in [3.8, 4) is 5.75 Å². The van der Waals surface area contributed by atoms with Crippen LogP contribution in [0.15, 0.2) is 140 Å². The number of fused-ring (bicyclic) bond motifs is 11. The molecule has 10 rings (SSSR count). The van der Waals surface area contributed by atoms with Crippen molar-refractivity contribution in [3.05, 3.63) is 167 Å². The summed E-state index contributed by atoms with van der Waals surface area (Å²) in [7, 11) is 1.57. The molecule has 0 radical (unpaired) electrons. The average molecular weight is 757 g/mol. The van der Waals surface area contributed by atoms with Crippen LogP contribution in [0.3, 0.4) is 0 Å². The molecule has 0 amide bonds. The van der Waals surface area contributed by atoms with E-state index in [-0.39, 0.29) is 11.6 Å². The number of ketones is 2. The highest BCUT2D eigenvalue weighted by molar-refractivity contribution is 6.12. The standard InChI is InChI=1S/C48H40N2O7/c1-47(2)56-45(53)48(46(54)57-47)39(29-22-25-32(55-3)26-23-29)41(43(52)31-17-8-5-9-18-31)50-35-21-13-11-19-33(35)37-38(44(48)50)36-27-24-28-14-10-12-20-34(28)49(36)40(37)42(51)30-15-6-4-7-16-30/h4-27,36-41,44H,1-3H3/t36-,37+,38+,39-,40-,41-,44+/m0/s1. The van der Waals surface area contributed by atoms with E-state index in [0.717, 1.165) is 16.8 Å². The van der Waals surface area contributed by atoms with Gasteiger partial charge in [0, 0.05) is 54.1 Å². The van der Waals surface area contributed by atoms with E-state index >= 15 is 19.2 Å². The van der Waals surface area contributed by atoms with Gasteiger partial charge in [0.1, 0.15) is 17.8 Å². The molecule has 57 heavy (non-hydrogen) atoms. The molecule has 3 saturated heterocycles. The Bertz CT molecular complexity index is 2460. The molecule has 0 aromatic heterocycles. The zero-order chi connectivity index (χ0) is 39.2. The van der Waals surface area contributed by atoms with Crippen LogP contribution >= 0.6 is 0 Å². The minimum Gasteiger partial charge on any atom is -0.497 e. The predicted molar refractivity (Wildman–Crippen MR) is 214 cm³/mol. The van der Waals surface area contributed by atoms with Crippen LogP contribution in [0.5, 0.6) is 5.75 Å². The van der Waals surface area contributed by atoms with Crippen molar-refractivity contribution in [2.24, 2.45) is 11.3 Å². The molecule has 9 nitrogen and oxygen atoms in total. The molecule has 0 bridgehead atoms. The van der Waals surface area contributed by atoms with Crippen LogP contribution in [-0.4, -0.2) is 60.6 Å². The Hall–Kier alpha value is -6.48. The van der Waals surface area contributed by atoms with E-state index < -0.39 is 65.1 Å². The summed E-state index contributed by atoms with van der Waals surface area (Å²) in [4.78, 5) is 65.7. The number of hydrogen-bond acceptors (Lipinski definition) is 9. The number of para-hydroxylation sites is 2. The molecule has 0 aliphatic carbocycles. The van der Waals surface area contributed by atoms with Crippen LogP contribution in [0.4, 0.5) is 11.4 Å². The second-order valence-electron chi connectivity index (χ2n) is 16.0. The first-order chi connectivity index (χ1) is 27.7. The lowest BCUT2D eigenvalue weighted by Gasteiger charge is -2.50. The molecule has 5 heterocycles. The van der Waals surface area contributed by atoms with Crippen molar-refractivity contribution in [2.75, 3.05) is 16.9 Å². The minimum atomic E-state index is -2.04. The maximum atomic E-state index is 15.4. The fourth-order valence-corrected chi connectivity index (χ4v) is 10.7. The normalized spacial score (nSPS) is 27.0. The average Bonchev–Trinajstić information content (AvgIpc) is 3.75. The Morgan fingerprint density at radius 1 is 0.649 bits per heavy atom. The van der Waals surface area contributed by atoms with E-state index in [1.54, 1.807) is 45.2 Å². The van der Waals surface area contributed by atoms with Gasteiger partial charge in [0.2, 0.25) is 0 Å². The zero-order valence-corrected chi connectivity index (χ0v) is 31.7. The van der Waals surface area contributed by atoms with Crippen molar-refractivity contribution in [2.45, 2.75) is 55.6 Å². The van der Waals surface area contributed by atoms with Crippen LogP contribution in [0.2, 0.25) is 0 Å². The van der Waals surface area contributed by atoms with E-state index in [2.05, 4.69) is 17.1 Å². The molecule has 9 heteroatoms. The number of esters is 2. The van der Waals surface area contributed by atoms with E-state index in [0.29, 0.717) is 28.1 Å². The van der Waals surface area contributed by atoms with Gasteiger partial charge in [-0.25, -0.2) is 0 Å². The third-order valence-corrected chi connectivity index (χ3v) is 12.8. The molecular weight excluding hydrogens is 717 g/mol. The number of rotatable bonds is 6. The third kappa shape index (κ3) is 4.94. The van der Waals surface area contributed by atoms with Crippen molar-refractivity contribution in [1.82, 2.24) is 0 Å². The van der Waals surface area contributed by atoms with E-state index in [9.17, 15) is 0 Å². The fraction of sp³-hybridized carbons (Fsp3) is 0.250. The topological polar surface area (TPSA) is 102 Å². The lowest BCUT2D eigenvalue weighted by Crippen LogP contribution is -2.64. The first kappa shape index (κ1) is 35.0. The summed E-state index contributed by atoms with van der Waals surface area (Å²) in [6.45, 7) is 3.09. The van der Waals surface area contributed by atoms with Gasteiger partial charge in [-0.15, -0.1) is 0 Å². The van der Waals surface area contributed by atoms with E-state index in [1.807, 2.05) is 114 Å². The summed E-state index contributed by atoms with van der Waals surface area (Å²) in [6.07, 6.45) is 4.15. The van der Waals surface area contributed by atoms with Crippen LogP contribution in [0.1, 0.15) is 63.1 Å². The molecule has 5 aromatic rings. The maximum absolute atomic E-state index is 15.4. The second kappa shape index (κ2) is 12.8. The van der Waals surface area contributed by atoms with Crippen LogP contribution in [0.25, 0.3) is 6.08 Å². The largest absolute Gasteiger partial charge is 0.497 e. The van der Waals surface area contributed by atoms with Crippen molar-refractivity contribution in [1.29, 1.82) is 0 Å². The Morgan fingerprint density at radius 2 is 1.21 bits per heavy atom. The van der Waals surface area contributed by atoms with Crippen LogP contribution in [-0.2, 0) is 19.1 Å². The monoisotopic (exact) mass is 756 g/mol. The zero-order valence-electron chi connectivity index (χ0n) is 31.7. The Labute approximate surface area is 330 Å². The molecule has 5 aromatic carbocycles. The van der Waals surface area contributed by atoms with Gasteiger partial charge >= 0.3 is 11.9 Å². The Balaban J connectivity index is 1.30. The SMILES string of the molecule is COc1ccc([C@H]2[C@@H](C(=O)c3ccccc3)N3c4ccccc4[C@@H]4[C@@H]([C@@H]5C=Cc6ccccc6N5[C@@H]4C(=O)c4ccccc4)[C@@H]3C23C(=O)OC(C)(C)OC3=O)cc1. The number of hydrogen-bond donors (Lipinski definition) is 0. The number of cyclic esters (lactones) is 2. The number of ether oxygens (including phenoxy) is 3. The van der Waals surface area contributed by atoms with Gasteiger partial charge in [0.25, 0.3) is 5.79 Å². The second-order valence-corrected chi connectivity index (χ2v) is 16.0. The lowest BCUT2D eigenvalue weighted by atomic mass is 9.60. The highest BCUT2D eigenvalue weighted by Gasteiger charge is 2.79. The minimum absolute atomic E-state index is 0.0768.